The van der Waals surface area contributed by atoms with Crippen LogP contribution in [-0.2, 0) is 6.42 Å². The van der Waals surface area contributed by atoms with Gasteiger partial charge in [-0.2, -0.15) is 0 Å². The average Bonchev–Trinajstić information content (AvgIpc) is 2.46. The molecule has 19 heavy (non-hydrogen) atoms. The molecule has 2 aromatic carbocycles. The Hall–Kier alpha value is -1.28. The predicted octanol–water partition coefficient (Wildman–Crippen LogP) is 5.05. The van der Waals surface area contributed by atoms with Gasteiger partial charge in [0.1, 0.15) is 5.75 Å². The van der Waals surface area contributed by atoms with Gasteiger partial charge in [-0.25, -0.2) is 0 Å². The van der Waals surface area contributed by atoms with E-state index in [1.807, 2.05) is 6.07 Å². The molecule has 0 radical (unpaired) electrons. The van der Waals surface area contributed by atoms with Gasteiger partial charge in [-0.15, -0.1) is 0 Å². The van der Waals surface area contributed by atoms with Crippen molar-refractivity contribution >= 4 is 15.9 Å². The lowest BCUT2D eigenvalue weighted by Gasteiger charge is -2.16. The summed E-state index contributed by atoms with van der Waals surface area (Å²) in [6.45, 7) is 4.27. The number of alkyl halides is 1. The summed E-state index contributed by atoms with van der Waals surface area (Å²) in [7, 11) is 1.71. The molecule has 0 saturated carbocycles. The van der Waals surface area contributed by atoms with Crippen molar-refractivity contribution in [3.8, 4) is 5.75 Å². The number of aryl methyl sites for hydroxylation is 2. The van der Waals surface area contributed by atoms with Gasteiger partial charge in [-0.05, 0) is 41.7 Å². The number of hydrogen-bond acceptors (Lipinski definition) is 1. The van der Waals surface area contributed by atoms with Crippen molar-refractivity contribution in [2.75, 3.05) is 7.11 Å². The van der Waals surface area contributed by atoms with Crippen LogP contribution in [0.1, 0.15) is 34.0 Å². The number of benzene rings is 2. The fraction of sp³-hybridized carbons (Fsp3) is 0.294. The average molecular weight is 319 g/mol. The molecule has 0 heterocycles. The van der Waals surface area contributed by atoms with Crippen molar-refractivity contribution < 1.29 is 4.74 Å². The first kappa shape index (κ1) is 14.1. The molecule has 1 unspecified atom stereocenters. The predicted molar refractivity (Wildman–Crippen MR) is 84.3 cm³/mol. The molecule has 100 valence electrons. The fourth-order valence-corrected chi connectivity index (χ4v) is 3.07. The van der Waals surface area contributed by atoms with E-state index in [-0.39, 0.29) is 4.83 Å². The highest BCUT2D eigenvalue weighted by Gasteiger charge is 2.14. The largest absolute Gasteiger partial charge is 0.496 e. The molecule has 0 saturated heterocycles. The second kappa shape index (κ2) is 6.25. The zero-order chi connectivity index (χ0) is 13.8. The van der Waals surface area contributed by atoms with Crippen LogP contribution in [0, 0.1) is 6.92 Å². The summed E-state index contributed by atoms with van der Waals surface area (Å²) in [5.74, 6) is 0.937. The van der Waals surface area contributed by atoms with Gasteiger partial charge in [0, 0.05) is 0 Å². The normalized spacial score (nSPS) is 12.2. The molecule has 0 amide bonds. The second-order valence-electron chi connectivity index (χ2n) is 4.64. The van der Waals surface area contributed by atoms with Crippen LogP contribution in [0.4, 0.5) is 0 Å². The van der Waals surface area contributed by atoms with Gasteiger partial charge in [0.25, 0.3) is 0 Å². The van der Waals surface area contributed by atoms with Crippen LogP contribution >= 0.6 is 15.9 Å². The molecule has 2 heteroatoms. The van der Waals surface area contributed by atoms with E-state index in [0.717, 1.165) is 12.2 Å². The SMILES string of the molecule is CCc1ccccc1C(Br)c1ccc(OC)c(C)c1. The number of ether oxygens (including phenoxy) is 1. The van der Waals surface area contributed by atoms with Gasteiger partial charge in [-0.1, -0.05) is 59.3 Å². The summed E-state index contributed by atoms with van der Waals surface area (Å²) in [6.07, 6.45) is 1.05. The molecular weight excluding hydrogens is 300 g/mol. The molecule has 1 atom stereocenters. The Balaban J connectivity index is 2.38. The van der Waals surface area contributed by atoms with Crippen LogP contribution < -0.4 is 4.74 Å². The third-order valence-corrected chi connectivity index (χ3v) is 4.44. The van der Waals surface area contributed by atoms with Crippen LogP contribution in [0.2, 0.25) is 0 Å². The summed E-state index contributed by atoms with van der Waals surface area (Å²) >= 11 is 3.83. The maximum atomic E-state index is 5.32. The van der Waals surface area contributed by atoms with E-state index in [0.29, 0.717) is 0 Å². The van der Waals surface area contributed by atoms with Crippen LogP contribution in [0.3, 0.4) is 0 Å². The van der Waals surface area contributed by atoms with Gasteiger partial charge in [0.2, 0.25) is 0 Å². The van der Waals surface area contributed by atoms with E-state index in [1.165, 1.54) is 22.3 Å². The lowest BCUT2D eigenvalue weighted by atomic mass is 9.97. The molecular formula is C17H19BrO. The van der Waals surface area contributed by atoms with Crippen LogP contribution in [0.5, 0.6) is 5.75 Å². The van der Waals surface area contributed by atoms with Crippen LogP contribution in [0.25, 0.3) is 0 Å². The molecule has 2 rings (SSSR count). The highest BCUT2D eigenvalue weighted by atomic mass is 79.9. The lowest BCUT2D eigenvalue weighted by Crippen LogP contribution is -1.99. The minimum atomic E-state index is 0.230. The van der Waals surface area contributed by atoms with Crippen LogP contribution in [-0.4, -0.2) is 7.11 Å². The van der Waals surface area contributed by atoms with Crippen molar-refractivity contribution in [1.82, 2.24) is 0 Å². The Morgan fingerprint density at radius 3 is 2.53 bits per heavy atom. The summed E-state index contributed by atoms with van der Waals surface area (Å²) in [6, 6.07) is 14.9. The zero-order valence-electron chi connectivity index (χ0n) is 11.6. The molecule has 1 nitrogen and oxygen atoms in total. The summed E-state index contributed by atoms with van der Waals surface area (Å²) in [5, 5.41) is 0. The monoisotopic (exact) mass is 318 g/mol. The first-order valence-corrected chi connectivity index (χ1v) is 7.45. The van der Waals surface area contributed by atoms with E-state index in [9.17, 15) is 0 Å². The maximum absolute atomic E-state index is 5.32. The quantitative estimate of drug-likeness (QED) is 0.717. The molecule has 0 aliphatic carbocycles. The Morgan fingerprint density at radius 1 is 1.16 bits per heavy atom. The Labute approximate surface area is 123 Å². The first-order valence-electron chi connectivity index (χ1n) is 6.53. The highest BCUT2D eigenvalue weighted by Crippen LogP contribution is 2.35. The maximum Gasteiger partial charge on any atom is 0.121 e. The molecule has 2 aromatic rings. The number of methoxy groups -OCH3 is 1. The van der Waals surface area contributed by atoms with Gasteiger partial charge >= 0.3 is 0 Å². The molecule has 0 fully saturated rings. The number of halogens is 1. The summed E-state index contributed by atoms with van der Waals surface area (Å²) in [5.41, 5.74) is 5.16. The zero-order valence-corrected chi connectivity index (χ0v) is 13.2. The minimum absolute atomic E-state index is 0.230. The Kier molecular flexibility index (Phi) is 4.65. The summed E-state index contributed by atoms with van der Waals surface area (Å²) < 4.78 is 5.32. The Morgan fingerprint density at radius 2 is 1.89 bits per heavy atom. The van der Waals surface area contributed by atoms with Gasteiger partial charge < -0.3 is 4.74 Å². The van der Waals surface area contributed by atoms with Gasteiger partial charge in [-0.3, -0.25) is 0 Å². The van der Waals surface area contributed by atoms with Crippen molar-refractivity contribution in [3.05, 3.63) is 64.7 Å². The molecule has 0 aliphatic rings. The van der Waals surface area contributed by atoms with Gasteiger partial charge in [0.15, 0.2) is 0 Å². The molecule has 0 aromatic heterocycles. The first-order chi connectivity index (χ1) is 9.17. The van der Waals surface area contributed by atoms with Crippen molar-refractivity contribution in [3.63, 3.8) is 0 Å². The number of rotatable bonds is 4. The van der Waals surface area contributed by atoms with Gasteiger partial charge in [0.05, 0.1) is 11.9 Å². The molecule has 0 spiro atoms. The van der Waals surface area contributed by atoms with Crippen molar-refractivity contribution in [2.45, 2.75) is 25.1 Å². The Bertz CT molecular complexity index is 563. The molecule has 0 N–H and O–H groups in total. The molecule has 0 aliphatic heterocycles. The standard InChI is InChI=1S/C17H19BrO/c1-4-13-7-5-6-8-15(13)17(18)14-9-10-16(19-3)12(2)11-14/h5-11,17H,4H2,1-3H3. The van der Waals surface area contributed by atoms with E-state index in [2.05, 4.69) is 66.2 Å². The third-order valence-electron chi connectivity index (χ3n) is 3.42. The summed E-state index contributed by atoms with van der Waals surface area (Å²) in [4.78, 5) is 0.230. The second-order valence-corrected chi connectivity index (χ2v) is 5.56. The van der Waals surface area contributed by atoms with Crippen LogP contribution in [0.15, 0.2) is 42.5 Å². The van der Waals surface area contributed by atoms with E-state index >= 15 is 0 Å². The molecule has 0 bridgehead atoms. The topological polar surface area (TPSA) is 9.23 Å². The number of hydrogen-bond donors (Lipinski definition) is 0. The van der Waals surface area contributed by atoms with E-state index < -0.39 is 0 Å². The lowest BCUT2D eigenvalue weighted by molar-refractivity contribution is 0.411. The van der Waals surface area contributed by atoms with Crippen molar-refractivity contribution in [2.24, 2.45) is 0 Å². The minimum Gasteiger partial charge on any atom is -0.496 e. The fourth-order valence-electron chi connectivity index (χ4n) is 2.34. The smallest absolute Gasteiger partial charge is 0.121 e. The van der Waals surface area contributed by atoms with E-state index in [1.54, 1.807) is 7.11 Å². The highest BCUT2D eigenvalue weighted by molar-refractivity contribution is 9.09. The third kappa shape index (κ3) is 3.01. The van der Waals surface area contributed by atoms with Crippen molar-refractivity contribution in [1.29, 1.82) is 0 Å². The van der Waals surface area contributed by atoms with E-state index in [4.69, 9.17) is 4.74 Å².